The summed E-state index contributed by atoms with van der Waals surface area (Å²) in [6, 6.07) is 11.6. The zero-order chi connectivity index (χ0) is 9.80. The number of hydrogen-bond acceptors (Lipinski definition) is 4. The number of rotatable bonds is 2. The average Bonchev–Trinajstić information content (AvgIpc) is 2.19. The van der Waals surface area contributed by atoms with E-state index in [-0.39, 0.29) is 0 Å². The minimum absolute atomic E-state index is 0.499. The van der Waals surface area contributed by atoms with E-state index >= 15 is 0 Å². The Morgan fingerprint density at radius 2 is 1.86 bits per heavy atom. The molecule has 0 saturated heterocycles. The van der Waals surface area contributed by atoms with Gasteiger partial charge < -0.3 is 5.73 Å². The van der Waals surface area contributed by atoms with Crippen LogP contribution in [0.5, 0.6) is 0 Å². The lowest BCUT2D eigenvalue weighted by Crippen LogP contribution is -1.92. The molecule has 14 heavy (non-hydrogen) atoms. The normalized spacial score (nSPS) is 10.0. The van der Waals surface area contributed by atoms with Gasteiger partial charge in [0.1, 0.15) is 5.82 Å². The van der Waals surface area contributed by atoms with Crippen LogP contribution in [0.3, 0.4) is 0 Å². The van der Waals surface area contributed by atoms with Crippen molar-refractivity contribution in [3.63, 3.8) is 0 Å². The third-order valence-electron chi connectivity index (χ3n) is 1.61. The molecule has 0 amide bonds. The zero-order valence-electron chi connectivity index (χ0n) is 7.42. The first kappa shape index (κ1) is 9.02. The van der Waals surface area contributed by atoms with Gasteiger partial charge in [-0.05, 0) is 30.0 Å². The molecule has 70 valence electrons. The van der Waals surface area contributed by atoms with Gasteiger partial charge >= 0.3 is 0 Å². The van der Waals surface area contributed by atoms with Gasteiger partial charge in [-0.15, -0.1) is 0 Å². The Labute approximate surface area is 86.4 Å². The summed E-state index contributed by atoms with van der Waals surface area (Å²) >= 11 is 1.50. The maximum absolute atomic E-state index is 5.55. The number of benzene rings is 1. The largest absolute Gasteiger partial charge is 0.384 e. The van der Waals surface area contributed by atoms with Gasteiger partial charge in [-0.25, -0.2) is 9.97 Å². The van der Waals surface area contributed by atoms with Gasteiger partial charge in [-0.2, -0.15) is 0 Å². The van der Waals surface area contributed by atoms with Crippen LogP contribution in [-0.4, -0.2) is 9.97 Å². The fourth-order valence-corrected chi connectivity index (χ4v) is 1.77. The van der Waals surface area contributed by atoms with Gasteiger partial charge in [0.25, 0.3) is 0 Å². The maximum atomic E-state index is 5.55. The van der Waals surface area contributed by atoms with Gasteiger partial charge in [-0.3, -0.25) is 0 Å². The second-order valence-electron chi connectivity index (χ2n) is 2.68. The summed E-state index contributed by atoms with van der Waals surface area (Å²) in [7, 11) is 0. The van der Waals surface area contributed by atoms with Crippen LogP contribution in [0.1, 0.15) is 0 Å². The van der Waals surface area contributed by atoms with Crippen molar-refractivity contribution in [2.24, 2.45) is 0 Å². The second-order valence-corrected chi connectivity index (χ2v) is 3.72. The average molecular weight is 203 g/mol. The SMILES string of the molecule is Nc1ccnc(Sc2ccccc2)n1. The first-order valence-corrected chi connectivity index (χ1v) is 4.98. The monoisotopic (exact) mass is 203 g/mol. The molecular weight excluding hydrogens is 194 g/mol. The van der Waals surface area contributed by atoms with Crippen LogP contribution in [0, 0.1) is 0 Å². The standard InChI is InChI=1S/C10H9N3S/c11-9-6-7-12-10(13-9)14-8-4-2-1-3-5-8/h1-7H,(H2,11,12,13). The van der Waals surface area contributed by atoms with E-state index in [9.17, 15) is 0 Å². The summed E-state index contributed by atoms with van der Waals surface area (Å²) in [4.78, 5) is 9.31. The second kappa shape index (κ2) is 4.11. The lowest BCUT2D eigenvalue weighted by Gasteiger charge is -1.99. The molecule has 1 aromatic carbocycles. The molecule has 2 N–H and O–H groups in total. The van der Waals surface area contributed by atoms with Gasteiger partial charge in [-0.1, -0.05) is 18.2 Å². The van der Waals surface area contributed by atoms with Crippen LogP contribution in [-0.2, 0) is 0 Å². The van der Waals surface area contributed by atoms with Gasteiger partial charge in [0.15, 0.2) is 5.16 Å². The highest BCUT2D eigenvalue weighted by Gasteiger charge is 1.99. The van der Waals surface area contributed by atoms with Crippen LogP contribution in [0.4, 0.5) is 5.82 Å². The molecule has 0 bridgehead atoms. The first-order chi connectivity index (χ1) is 6.84. The highest BCUT2D eigenvalue weighted by molar-refractivity contribution is 7.99. The van der Waals surface area contributed by atoms with Gasteiger partial charge in [0, 0.05) is 11.1 Å². The number of aromatic nitrogens is 2. The topological polar surface area (TPSA) is 51.8 Å². The Balaban J connectivity index is 2.19. The summed E-state index contributed by atoms with van der Waals surface area (Å²) in [5.41, 5.74) is 5.55. The molecule has 3 nitrogen and oxygen atoms in total. The van der Waals surface area contributed by atoms with Crippen LogP contribution < -0.4 is 5.73 Å². The van der Waals surface area contributed by atoms with E-state index in [2.05, 4.69) is 9.97 Å². The van der Waals surface area contributed by atoms with Gasteiger partial charge in [0.05, 0.1) is 0 Å². The van der Waals surface area contributed by atoms with Crippen molar-refractivity contribution in [1.29, 1.82) is 0 Å². The molecule has 0 spiro atoms. The molecule has 0 saturated carbocycles. The molecule has 0 unspecified atom stereocenters. The van der Waals surface area contributed by atoms with E-state index in [0.29, 0.717) is 11.0 Å². The van der Waals surface area contributed by atoms with Crippen molar-refractivity contribution in [3.8, 4) is 0 Å². The molecule has 2 aromatic rings. The Morgan fingerprint density at radius 3 is 2.57 bits per heavy atom. The predicted molar refractivity (Wildman–Crippen MR) is 57.0 cm³/mol. The third-order valence-corrected chi connectivity index (χ3v) is 2.49. The van der Waals surface area contributed by atoms with E-state index in [1.807, 2.05) is 30.3 Å². The predicted octanol–water partition coefficient (Wildman–Crippen LogP) is 2.21. The Hall–Kier alpha value is -1.55. The fraction of sp³-hybridized carbons (Fsp3) is 0. The maximum Gasteiger partial charge on any atom is 0.194 e. The molecule has 4 heteroatoms. The van der Waals surface area contributed by atoms with E-state index in [1.165, 1.54) is 11.8 Å². The smallest absolute Gasteiger partial charge is 0.194 e. The van der Waals surface area contributed by atoms with Crippen molar-refractivity contribution < 1.29 is 0 Å². The molecule has 1 heterocycles. The molecule has 0 aliphatic carbocycles. The van der Waals surface area contributed by atoms with E-state index in [0.717, 1.165) is 4.90 Å². The first-order valence-electron chi connectivity index (χ1n) is 4.16. The lowest BCUT2D eigenvalue weighted by molar-refractivity contribution is 0.976. The molecular formula is C10H9N3S. The lowest BCUT2D eigenvalue weighted by atomic mass is 10.4. The van der Waals surface area contributed by atoms with Crippen molar-refractivity contribution in [3.05, 3.63) is 42.6 Å². The van der Waals surface area contributed by atoms with E-state index in [4.69, 9.17) is 5.73 Å². The van der Waals surface area contributed by atoms with Crippen molar-refractivity contribution >= 4 is 17.6 Å². The minimum Gasteiger partial charge on any atom is -0.384 e. The summed E-state index contributed by atoms with van der Waals surface area (Å²) in [5, 5.41) is 0.677. The van der Waals surface area contributed by atoms with Crippen LogP contribution in [0.25, 0.3) is 0 Å². The van der Waals surface area contributed by atoms with E-state index in [1.54, 1.807) is 12.3 Å². The number of hydrogen-bond donors (Lipinski definition) is 1. The summed E-state index contributed by atoms with van der Waals surface area (Å²) in [6.07, 6.45) is 1.66. The zero-order valence-corrected chi connectivity index (χ0v) is 8.24. The third kappa shape index (κ3) is 2.23. The number of nitrogen functional groups attached to an aromatic ring is 1. The highest BCUT2D eigenvalue weighted by atomic mass is 32.2. The number of anilines is 1. The van der Waals surface area contributed by atoms with E-state index < -0.39 is 0 Å². The van der Waals surface area contributed by atoms with Gasteiger partial charge in [0.2, 0.25) is 0 Å². The van der Waals surface area contributed by atoms with Crippen LogP contribution >= 0.6 is 11.8 Å². The summed E-state index contributed by atoms with van der Waals surface area (Å²) < 4.78 is 0. The molecule has 0 aliphatic heterocycles. The van der Waals surface area contributed by atoms with Crippen LogP contribution in [0.15, 0.2) is 52.6 Å². The summed E-state index contributed by atoms with van der Waals surface area (Å²) in [5.74, 6) is 0.499. The summed E-state index contributed by atoms with van der Waals surface area (Å²) in [6.45, 7) is 0. The Bertz CT molecular complexity index is 417. The van der Waals surface area contributed by atoms with Crippen molar-refractivity contribution in [1.82, 2.24) is 9.97 Å². The number of nitrogens with two attached hydrogens (primary N) is 1. The van der Waals surface area contributed by atoms with Crippen LogP contribution in [0.2, 0.25) is 0 Å². The molecule has 0 aliphatic rings. The molecule has 1 aromatic heterocycles. The molecule has 2 rings (SSSR count). The molecule has 0 fully saturated rings. The minimum atomic E-state index is 0.499. The fourth-order valence-electron chi connectivity index (χ4n) is 0.997. The highest BCUT2D eigenvalue weighted by Crippen LogP contribution is 2.23. The molecule has 0 radical (unpaired) electrons. The number of nitrogens with zero attached hydrogens (tertiary/aromatic N) is 2. The molecule has 0 atom stereocenters. The quantitative estimate of drug-likeness (QED) is 0.760. The van der Waals surface area contributed by atoms with Crippen molar-refractivity contribution in [2.45, 2.75) is 10.1 Å². The Morgan fingerprint density at radius 1 is 1.07 bits per heavy atom. The van der Waals surface area contributed by atoms with Crippen molar-refractivity contribution in [2.75, 3.05) is 5.73 Å². The Kier molecular flexibility index (Phi) is 2.65.